The molecule has 3 nitrogen and oxygen atoms in total. The average molecular weight is 326 g/mol. The van der Waals surface area contributed by atoms with Gasteiger partial charge in [0.15, 0.2) is 0 Å². The van der Waals surface area contributed by atoms with E-state index < -0.39 is 0 Å². The first kappa shape index (κ1) is 16.5. The van der Waals surface area contributed by atoms with Crippen LogP contribution in [0.5, 0.6) is 0 Å². The number of halogens is 1. The number of benzene rings is 2. The van der Waals surface area contributed by atoms with E-state index in [1.165, 1.54) is 36.1 Å². The predicted molar refractivity (Wildman–Crippen MR) is 94.7 cm³/mol. The molecule has 2 N–H and O–H groups in total. The topological polar surface area (TPSA) is 41.1 Å². The van der Waals surface area contributed by atoms with Crippen LogP contribution in [0.3, 0.4) is 0 Å². The summed E-state index contributed by atoms with van der Waals surface area (Å²) in [5.41, 5.74) is 4.58. The van der Waals surface area contributed by atoms with Gasteiger partial charge < -0.3 is 10.6 Å². The first-order chi connectivity index (χ1) is 11.7. The van der Waals surface area contributed by atoms with Gasteiger partial charge in [0.05, 0.1) is 6.04 Å². The van der Waals surface area contributed by atoms with Gasteiger partial charge in [-0.1, -0.05) is 25.1 Å². The van der Waals surface area contributed by atoms with Gasteiger partial charge in [-0.05, 0) is 73.1 Å². The molecule has 1 unspecified atom stereocenters. The molecule has 0 aliphatic heterocycles. The summed E-state index contributed by atoms with van der Waals surface area (Å²) in [7, 11) is 0. The second-order valence-electron chi connectivity index (χ2n) is 6.30. The minimum absolute atomic E-state index is 0.0299. The SMILES string of the molecule is CCC(NC(=O)Nc1ccc(F)cc1)c1ccc2c(c1)CCCC2. The summed E-state index contributed by atoms with van der Waals surface area (Å²) in [4.78, 5) is 12.2. The molecule has 2 aromatic carbocycles. The zero-order valence-corrected chi connectivity index (χ0v) is 13.9. The Kier molecular flexibility index (Phi) is 5.14. The summed E-state index contributed by atoms with van der Waals surface area (Å²) in [6, 6.07) is 12.0. The maximum absolute atomic E-state index is 12.9. The minimum Gasteiger partial charge on any atom is -0.331 e. The number of carbonyl (C=O) groups is 1. The van der Waals surface area contributed by atoms with Crippen molar-refractivity contribution in [2.75, 3.05) is 5.32 Å². The highest BCUT2D eigenvalue weighted by molar-refractivity contribution is 5.89. The van der Waals surface area contributed by atoms with Crippen LogP contribution >= 0.6 is 0 Å². The Hall–Kier alpha value is -2.36. The number of rotatable bonds is 4. The lowest BCUT2D eigenvalue weighted by molar-refractivity contribution is 0.248. The monoisotopic (exact) mass is 326 g/mol. The molecule has 0 fully saturated rings. The Morgan fingerprint density at radius 3 is 2.50 bits per heavy atom. The number of aryl methyl sites for hydroxylation is 2. The molecule has 126 valence electrons. The molecular weight excluding hydrogens is 303 g/mol. The third-order valence-electron chi connectivity index (χ3n) is 4.59. The molecular formula is C20H23FN2O. The number of carbonyl (C=O) groups excluding carboxylic acids is 1. The van der Waals surface area contributed by atoms with Crippen molar-refractivity contribution in [2.45, 2.75) is 45.1 Å². The molecule has 0 bridgehead atoms. The summed E-state index contributed by atoms with van der Waals surface area (Å²) in [5.74, 6) is -0.318. The van der Waals surface area contributed by atoms with Crippen molar-refractivity contribution in [3.63, 3.8) is 0 Å². The Morgan fingerprint density at radius 1 is 1.08 bits per heavy atom. The van der Waals surface area contributed by atoms with Gasteiger partial charge in [0.25, 0.3) is 0 Å². The van der Waals surface area contributed by atoms with Crippen molar-refractivity contribution in [3.05, 3.63) is 65.0 Å². The summed E-state index contributed by atoms with van der Waals surface area (Å²) in [5, 5.41) is 5.76. The summed E-state index contributed by atoms with van der Waals surface area (Å²) in [6.45, 7) is 2.06. The average Bonchev–Trinajstić information content (AvgIpc) is 2.61. The van der Waals surface area contributed by atoms with Crippen molar-refractivity contribution >= 4 is 11.7 Å². The van der Waals surface area contributed by atoms with Crippen LogP contribution in [0.2, 0.25) is 0 Å². The number of hydrogen-bond acceptors (Lipinski definition) is 1. The lowest BCUT2D eigenvalue weighted by Gasteiger charge is -2.22. The number of anilines is 1. The number of urea groups is 1. The highest BCUT2D eigenvalue weighted by Gasteiger charge is 2.16. The van der Waals surface area contributed by atoms with Crippen LogP contribution < -0.4 is 10.6 Å². The lowest BCUT2D eigenvalue weighted by atomic mass is 9.89. The number of amides is 2. The van der Waals surface area contributed by atoms with E-state index in [4.69, 9.17) is 0 Å². The molecule has 0 radical (unpaired) electrons. The summed E-state index contributed by atoms with van der Waals surface area (Å²) < 4.78 is 12.9. The summed E-state index contributed by atoms with van der Waals surface area (Å²) in [6.07, 6.45) is 5.61. The smallest absolute Gasteiger partial charge is 0.319 e. The minimum atomic E-state index is -0.318. The van der Waals surface area contributed by atoms with Crippen LogP contribution in [0.15, 0.2) is 42.5 Å². The normalized spacial score (nSPS) is 14.6. The van der Waals surface area contributed by atoms with Crippen LogP contribution in [0, 0.1) is 5.82 Å². The summed E-state index contributed by atoms with van der Waals surface area (Å²) >= 11 is 0. The predicted octanol–water partition coefficient (Wildman–Crippen LogP) is 4.98. The van der Waals surface area contributed by atoms with Crippen LogP contribution in [-0.4, -0.2) is 6.03 Å². The third-order valence-corrected chi connectivity index (χ3v) is 4.59. The van der Waals surface area contributed by atoms with Crippen molar-refractivity contribution in [1.82, 2.24) is 5.32 Å². The Labute approximate surface area is 142 Å². The highest BCUT2D eigenvalue weighted by atomic mass is 19.1. The van der Waals surface area contributed by atoms with Gasteiger partial charge >= 0.3 is 6.03 Å². The van der Waals surface area contributed by atoms with Gasteiger partial charge in [0, 0.05) is 5.69 Å². The van der Waals surface area contributed by atoms with Gasteiger partial charge in [-0.15, -0.1) is 0 Å². The molecule has 24 heavy (non-hydrogen) atoms. The van der Waals surface area contributed by atoms with Gasteiger partial charge in [-0.3, -0.25) is 0 Å². The quantitative estimate of drug-likeness (QED) is 0.817. The maximum Gasteiger partial charge on any atom is 0.319 e. The molecule has 0 saturated heterocycles. The lowest BCUT2D eigenvalue weighted by Crippen LogP contribution is -2.32. The fraction of sp³-hybridized carbons (Fsp3) is 0.350. The fourth-order valence-corrected chi connectivity index (χ4v) is 3.25. The van der Waals surface area contributed by atoms with E-state index in [0.717, 1.165) is 24.8 Å². The Bertz CT molecular complexity index is 712. The van der Waals surface area contributed by atoms with E-state index in [1.807, 2.05) is 0 Å². The first-order valence-electron chi connectivity index (χ1n) is 8.60. The molecule has 3 rings (SSSR count). The number of hydrogen-bond donors (Lipinski definition) is 2. The van der Waals surface area contributed by atoms with Gasteiger partial charge in [-0.2, -0.15) is 0 Å². The first-order valence-corrected chi connectivity index (χ1v) is 8.60. The molecule has 0 saturated carbocycles. The van der Waals surface area contributed by atoms with Crippen LogP contribution in [0.1, 0.15) is 48.9 Å². The molecule has 1 aliphatic rings. The van der Waals surface area contributed by atoms with Crippen molar-refractivity contribution in [1.29, 1.82) is 0 Å². The molecule has 2 amide bonds. The second-order valence-corrected chi connectivity index (χ2v) is 6.30. The van der Waals surface area contributed by atoms with E-state index in [1.54, 1.807) is 12.1 Å². The van der Waals surface area contributed by atoms with E-state index in [9.17, 15) is 9.18 Å². The van der Waals surface area contributed by atoms with Crippen molar-refractivity contribution < 1.29 is 9.18 Å². The van der Waals surface area contributed by atoms with E-state index in [2.05, 4.69) is 35.8 Å². The molecule has 2 aromatic rings. The third kappa shape index (κ3) is 3.94. The number of fused-ring (bicyclic) bond motifs is 1. The fourth-order valence-electron chi connectivity index (χ4n) is 3.25. The zero-order chi connectivity index (χ0) is 16.9. The van der Waals surface area contributed by atoms with E-state index in [0.29, 0.717) is 5.69 Å². The molecule has 1 atom stereocenters. The van der Waals surface area contributed by atoms with Crippen molar-refractivity contribution in [2.24, 2.45) is 0 Å². The van der Waals surface area contributed by atoms with Crippen LogP contribution in [0.4, 0.5) is 14.9 Å². The standard InChI is InChI=1S/C20H23FN2O/c1-2-19(16-8-7-14-5-3-4-6-15(14)13-16)23-20(24)22-18-11-9-17(21)10-12-18/h7-13,19H,2-6H2,1H3,(H2,22,23,24). The molecule has 0 heterocycles. The molecule has 0 aromatic heterocycles. The van der Waals surface area contributed by atoms with Crippen LogP contribution in [-0.2, 0) is 12.8 Å². The molecule has 0 spiro atoms. The molecule has 1 aliphatic carbocycles. The van der Waals surface area contributed by atoms with Gasteiger partial charge in [0.1, 0.15) is 5.82 Å². The van der Waals surface area contributed by atoms with Crippen LogP contribution in [0.25, 0.3) is 0 Å². The second kappa shape index (κ2) is 7.47. The van der Waals surface area contributed by atoms with Gasteiger partial charge in [0.2, 0.25) is 0 Å². The van der Waals surface area contributed by atoms with E-state index >= 15 is 0 Å². The Balaban J connectivity index is 1.67. The highest BCUT2D eigenvalue weighted by Crippen LogP contribution is 2.26. The number of nitrogens with one attached hydrogen (secondary N) is 2. The maximum atomic E-state index is 12.9. The van der Waals surface area contributed by atoms with E-state index in [-0.39, 0.29) is 17.9 Å². The van der Waals surface area contributed by atoms with Crippen molar-refractivity contribution in [3.8, 4) is 0 Å². The van der Waals surface area contributed by atoms with Gasteiger partial charge in [-0.25, -0.2) is 9.18 Å². The zero-order valence-electron chi connectivity index (χ0n) is 13.9. The Morgan fingerprint density at radius 2 is 1.79 bits per heavy atom. The molecule has 4 heteroatoms. The largest absolute Gasteiger partial charge is 0.331 e.